The molecule has 1 aromatic heterocycles. The van der Waals surface area contributed by atoms with Gasteiger partial charge in [-0.1, -0.05) is 34.8 Å². The summed E-state index contributed by atoms with van der Waals surface area (Å²) in [5, 5.41) is 1.26. The number of halogens is 3. The van der Waals surface area contributed by atoms with E-state index in [0.717, 1.165) is 0 Å². The summed E-state index contributed by atoms with van der Waals surface area (Å²) in [7, 11) is 0. The van der Waals surface area contributed by atoms with Crippen molar-refractivity contribution in [3.8, 4) is 17.0 Å². The predicted octanol–water partition coefficient (Wildman–Crippen LogP) is 4.69. The molecule has 0 radical (unpaired) electrons. The Hall–Kier alpha value is -1.16. The van der Waals surface area contributed by atoms with E-state index >= 15 is 0 Å². The van der Waals surface area contributed by atoms with Crippen LogP contribution in [0.1, 0.15) is 6.92 Å². The van der Waals surface area contributed by atoms with Gasteiger partial charge in [0.05, 0.1) is 33.1 Å². The van der Waals surface area contributed by atoms with E-state index in [1.807, 2.05) is 6.92 Å². The van der Waals surface area contributed by atoms with Gasteiger partial charge < -0.3 is 10.5 Å². The van der Waals surface area contributed by atoms with E-state index < -0.39 is 0 Å². The number of benzene rings is 1. The molecule has 0 aliphatic rings. The van der Waals surface area contributed by atoms with Crippen molar-refractivity contribution in [3.63, 3.8) is 0 Å². The fourth-order valence-electron chi connectivity index (χ4n) is 1.61. The molecule has 0 saturated heterocycles. The fourth-order valence-corrected chi connectivity index (χ4v) is 2.29. The van der Waals surface area contributed by atoms with Gasteiger partial charge in [0, 0.05) is 11.8 Å². The maximum absolute atomic E-state index is 6.30. The van der Waals surface area contributed by atoms with Gasteiger partial charge in [-0.05, 0) is 25.1 Å². The first kappa shape index (κ1) is 14.3. The highest BCUT2D eigenvalue weighted by Crippen LogP contribution is 2.40. The van der Waals surface area contributed by atoms with E-state index in [9.17, 15) is 0 Å². The average molecular weight is 318 g/mol. The minimum atomic E-state index is 0.402. The lowest BCUT2D eigenvalue weighted by Crippen LogP contribution is -1.96. The maximum atomic E-state index is 6.30. The zero-order chi connectivity index (χ0) is 14.0. The lowest BCUT2D eigenvalue weighted by Gasteiger charge is -2.12. The van der Waals surface area contributed by atoms with E-state index in [2.05, 4.69) is 4.98 Å². The van der Waals surface area contributed by atoms with Gasteiger partial charge in [-0.2, -0.15) is 0 Å². The van der Waals surface area contributed by atoms with Crippen LogP contribution in [0.2, 0.25) is 15.1 Å². The lowest BCUT2D eigenvalue weighted by molar-refractivity contribution is 0.341. The minimum absolute atomic E-state index is 0.402. The van der Waals surface area contributed by atoms with Crippen molar-refractivity contribution < 1.29 is 4.74 Å². The average Bonchev–Trinajstić information content (AvgIpc) is 2.38. The summed E-state index contributed by atoms with van der Waals surface area (Å²) in [6.07, 6.45) is 1.48. The van der Waals surface area contributed by atoms with Crippen molar-refractivity contribution in [1.29, 1.82) is 0 Å². The van der Waals surface area contributed by atoms with Crippen molar-refractivity contribution in [3.05, 3.63) is 39.5 Å². The molecule has 0 aliphatic carbocycles. The molecule has 6 heteroatoms. The Labute approximate surface area is 126 Å². The maximum Gasteiger partial charge on any atom is 0.157 e. The van der Waals surface area contributed by atoms with Crippen molar-refractivity contribution in [2.45, 2.75) is 6.92 Å². The van der Waals surface area contributed by atoms with Gasteiger partial charge in [-0.3, -0.25) is 4.98 Å². The van der Waals surface area contributed by atoms with E-state index in [0.29, 0.717) is 44.4 Å². The number of aromatic nitrogens is 1. The van der Waals surface area contributed by atoms with Gasteiger partial charge in [-0.15, -0.1) is 0 Å². The molecule has 0 amide bonds. The number of nitrogens with zero attached hydrogens (tertiary/aromatic N) is 1. The van der Waals surface area contributed by atoms with Crippen molar-refractivity contribution >= 4 is 40.5 Å². The van der Waals surface area contributed by atoms with Crippen LogP contribution in [0.15, 0.2) is 24.4 Å². The fraction of sp³-hybridized carbons (Fsp3) is 0.154. The molecule has 1 aromatic carbocycles. The minimum Gasteiger partial charge on any atom is -0.491 e. The Morgan fingerprint density at radius 3 is 2.58 bits per heavy atom. The molecular formula is C13H11Cl3N2O. The first-order chi connectivity index (χ1) is 9.04. The zero-order valence-corrected chi connectivity index (χ0v) is 12.4. The van der Waals surface area contributed by atoms with Crippen LogP contribution in [0.25, 0.3) is 11.3 Å². The summed E-state index contributed by atoms with van der Waals surface area (Å²) in [6.45, 7) is 2.33. The summed E-state index contributed by atoms with van der Waals surface area (Å²) >= 11 is 18.2. The van der Waals surface area contributed by atoms with Crippen LogP contribution in [-0.2, 0) is 0 Å². The standard InChI is InChI=1S/C13H11Cl3N2O/c1-2-19-13-8(14)4-3-7(12(13)16)11-5-10(17)9(15)6-18-11/h3-6H,2H2,1H3,(H2,17,18). The molecular weight excluding hydrogens is 307 g/mol. The number of hydrogen-bond donors (Lipinski definition) is 1. The number of anilines is 1. The van der Waals surface area contributed by atoms with Crippen LogP contribution in [0.4, 0.5) is 5.69 Å². The summed E-state index contributed by atoms with van der Waals surface area (Å²) in [5.41, 5.74) is 7.51. The number of rotatable bonds is 3. The van der Waals surface area contributed by atoms with Crippen molar-refractivity contribution in [2.75, 3.05) is 12.3 Å². The smallest absolute Gasteiger partial charge is 0.157 e. The van der Waals surface area contributed by atoms with Gasteiger partial charge in [0.25, 0.3) is 0 Å². The van der Waals surface area contributed by atoms with Crippen LogP contribution >= 0.6 is 34.8 Å². The predicted molar refractivity (Wildman–Crippen MR) is 80.3 cm³/mol. The van der Waals surface area contributed by atoms with Gasteiger partial charge >= 0.3 is 0 Å². The molecule has 0 spiro atoms. The molecule has 100 valence electrons. The normalized spacial score (nSPS) is 10.5. The van der Waals surface area contributed by atoms with Gasteiger partial charge in [0.2, 0.25) is 0 Å². The first-order valence-electron chi connectivity index (χ1n) is 5.56. The summed E-state index contributed by atoms with van der Waals surface area (Å²) in [4.78, 5) is 4.21. The van der Waals surface area contributed by atoms with Gasteiger partial charge in [0.15, 0.2) is 5.75 Å². The Bertz CT molecular complexity index is 617. The Balaban J connectivity index is 2.56. The first-order valence-corrected chi connectivity index (χ1v) is 6.70. The molecule has 3 nitrogen and oxygen atoms in total. The molecule has 19 heavy (non-hydrogen) atoms. The highest BCUT2D eigenvalue weighted by molar-refractivity contribution is 6.39. The quantitative estimate of drug-likeness (QED) is 0.893. The van der Waals surface area contributed by atoms with Crippen LogP contribution in [0.5, 0.6) is 5.75 Å². The van der Waals surface area contributed by atoms with Crippen molar-refractivity contribution in [2.24, 2.45) is 0 Å². The third kappa shape index (κ3) is 2.89. The summed E-state index contributed by atoms with van der Waals surface area (Å²) < 4.78 is 5.43. The summed E-state index contributed by atoms with van der Waals surface area (Å²) in [5.74, 6) is 0.443. The molecule has 1 heterocycles. The van der Waals surface area contributed by atoms with Gasteiger partial charge in [-0.25, -0.2) is 0 Å². The second-order valence-corrected chi connectivity index (χ2v) is 4.95. The molecule has 0 fully saturated rings. The van der Waals surface area contributed by atoms with E-state index in [4.69, 9.17) is 45.3 Å². The van der Waals surface area contributed by atoms with Crippen LogP contribution in [0, 0.1) is 0 Å². The number of hydrogen-bond acceptors (Lipinski definition) is 3. The third-order valence-corrected chi connectivity index (χ3v) is 3.49. The topological polar surface area (TPSA) is 48.1 Å². The Morgan fingerprint density at radius 1 is 1.21 bits per heavy atom. The highest BCUT2D eigenvalue weighted by atomic mass is 35.5. The third-order valence-electron chi connectivity index (χ3n) is 2.50. The van der Waals surface area contributed by atoms with E-state index in [1.54, 1.807) is 18.2 Å². The van der Waals surface area contributed by atoms with E-state index in [1.165, 1.54) is 6.20 Å². The van der Waals surface area contributed by atoms with E-state index in [-0.39, 0.29) is 0 Å². The van der Waals surface area contributed by atoms with Crippen LogP contribution < -0.4 is 10.5 Å². The van der Waals surface area contributed by atoms with Gasteiger partial charge in [0.1, 0.15) is 0 Å². The molecule has 2 rings (SSSR count). The zero-order valence-electron chi connectivity index (χ0n) is 10.1. The highest BCUT2D eigenvalue weighted by Gasteiger charge is 2.14. The lowest BCUT2D eigenvalue weighted by atomic mass is 10.1. The molecule has 0 bridgehead atoms. The Morgan fingerprint density at radius 2 is 1.95 bits per heavy atom. The largest absolute Gasteiger partial charge is 0.491 e. The molecule has 0 saturated carbocycles. The van der Waals surface area contributed by atoms with Crippen LogP contribution in [0.3, 0.4) is 0 Å². The SMILES string of the molecule is CCOc1c(Cl)ccc(-c2cc(N)c(Cl)cn2)c1Cl. The Kier molecular flexibility index (Phi) is 4.40. The number of pyridine rings is 1. The molecule has 0 atom stereocenters. The number of ether oxygens (including phenoxy) is 1. The summed E-state index contributed by atoms with van der Waals surface area (Å²) in [6, 6.07) is 5.14. The second-order valence-electron chi connectivity index (χ2n) is 3.76. The molecule has 0 aliphatic heterocycles. The molecule has 2 N–H and O–H groups in total. The second kappa shape index (κ2) is 5.87. The molecule has 0 unspecified atom stereocenters. The monoisotopic (exact) mass is 316 g/mol. The molecule has 2 aromatic rings. The van der Waals surface area contributed by atoms with Crippen molar-refractivity contribution in [1.82, 2.24) is 4.98 Å². The number of nitrogens with two attached hydrogens (primary N) is 1. The van der Waals surface area contributed by atoms with Crippen LogP contribution in [-0.4, -0.2) is 11.6 Å². The number of nitrogen functional groups attached to an aromatic ring is 1.